The van der Waals surface area contributed by atoms with Gasteiger partial charge < -0.3 is 4.90 Å². The molecule has 38 heavy (non-hydrogen) atoms. The van der Waals surface area contributed by atoms with Crippen LogP contribution in [0.5, 0.6) is 0 Å². The summed E-state index contributed by atoms with van der Waals surface area (Å²) in [6, 6.07) is 55.4. The van der Waals surface area contributed by atoms with Gasteiger partial charge in [0.25, 0.3) is 0 Å². The highest BCUT2D eigenvalue weighted by Gasteiger charge is 2.52. The molecule has 0 N–H and O–H groups in total. The number of nitrogens with zero attached hydrogens (tertiary/aromatic N) is 1. The number of hydrogen-bond donors (Lipinski definition) is 0. The first-order chi connectivity index (χ1) is 18.9. The van der Waals surface area contributed by atoms with Crippen LogP contribution in [0.15, 0.2) is 152 Å². The van der Waals surface area contributed by atoms with Crippen molar-refractivity contribution in [3.8, 4) is 22.3 Å². The maximum absolute atomic E-state index is 2.43. The molecular formula is C37H25N. The Bertz CT molecular complexity index is 1770. The summed E-state index contributed by atoms with van der Waals surface area (Å²) in [7, 11) is 0. The Labute approximate surface area is 223 Å². The lowest BCUT2D eigenvalue weighted by molar-refractivity contribution is 0.754. The third-order valence-corrected chi connectivity index (χ3v) is 8.26. The zero-order chi connectivity index (χ0) is 25.1. The minimum Gasteiger partial charge on any atom is -0.310 e. The molecule has 1 heteroatoms. The van der Waals surface area contributed by atoms with E-state index in [-0.39, 0.29) is 0 Å². The normalized spacial score (nSPS) is 13.9. The summed E-state index contributed by atoms with van der Waals surface area (Å²) < 4.78 is 0. The van der Waals surface area contributed by atoms with Gasteiger partial charge in [-0.05, 0) is 68.8 Å². The summed E-state index contributed by atoms with van der Waals surface area (Å²) in [6.45, 7) is 0. The Balaban J connectivity index is 1.57. The smallest absolute Gasteiger partial charge is 0.0760 e. The molecule has 1 nitrogen and oxygen atoms in total. The Morgan fingerprint density at radius 3 is 1.55 bits per heavy atom. The number of rotatable bonds is 2. The lowest BCUT2D eigenvalue weighted by atomic mass is 9.63. The molecule has 0 saturated carbocycles. The van der Waals surface area contributed by atoms with Crippen LogP contribution in [0.25, 0.3) is 22.3 Å². The molecule has 2 aliphatic rings. The molecular weight excluding hydrogens is 458 g/mol. The van der Waals surface area contributed by atoms with Crippen molar-refractivity contribution in [3.05, 3.63) is 174 Å². The second kappa shape index (κ2) is 8.06. The van der Waals surface area contributed by atoms with Gasteiger partial charge >= 0.3 is 0 Å². The van der Waals surface area contributed by atoms with E-state index in [1.807, 2.05) is 0 Å². The van der Waals surface area contributed by atoms with Gasteiger partial charge in [-0.3, -0.25) is 0 Å². The maximum Gasteiger partial charge on any atom is 0.0760 e. The fourth-order valence-electron chi connectivity index (χ4n) is 6.88. The van der Waals surface area contributed by atoms with Crippen molar-refractivity contribution in [2.45, 2.75) is 5.41 Å². The number of para-hydroxylation sites is 3. The molecule has 0 radical (unpaired) electrons. The van der Waals surface area contributed by atoms with Crippen LogP contribution in [-0.4, -0.2) is 0 Å². The molecule has 1 spiro atoms. The van der Waals surface area contributed by atoms with Gasteiger partial charge in [-0.15, -0.1) is 0 Å². The van der Waals surface area contributed by atoms with Crippen molar-refractivity contribution >= 4 is 17.1 Å². The maximum atomic E-state index is 2.43. The molecule has 1 aliphatic carbocycles. The highest BCUT2D eigenvalue weighted by Crippen LogP contribution is 2.64. The first kappa shape index (κ1) is 21.2. The second-order valence-electron chi connectivity index (χ2n) is 10.1. The van der Waals surface area contributed by atoms with Gasteiger partial charge in [0.05, 0.1) is 16.8 Å². The van der Waals surface area contributed by atoms with E-state index in [0.717, 1.165) is 0 Å². The van der Waals surface area contributed by atoms with Crippen molar-refractivity contribution in [2.24, 2.45) is 0 Å². The van der Waals surface area contributed by atoms with Crippen LogP contribution in [0.2, 0.25) is 0 Å². The van der Waals surface area contributed by atoms with Crippen LogP contribution < -0.4 is 4.90 Å². The monoisotopic (exact) mass is 483 g/mol. The molecule has 6 aromatic carbocycles. The van der Waals surface area contributed by atoms with Gasteiger partial charge in [-0.1, -0.05) is 127 Å². The molecule has 0 aromatic heterocycles. The molecule has 1 heterocycles. The minimum absolute atomic E-state index is 0.434. The topological polar surface area (TPSA) is 3.24 Å². The van der Waals surface area contributed by atoms with E-state index in [1.165, 1.54) is 61.6 Å². The predicted octanol–water partition coefficient (Wildman–Crippen LogP) is 9.50. The van der Waals surface area contributed by atoms with E-state index in [4.69, 9.17) is 0 Å². The third-order valence-electron chi connectivity index (χ3n) is 8.26. The quantitative estimate of drug-likeness (QED) is 0.237. The lowest BCUT2D eigenvalue weighted by Gasteiger charge is -2.45. The van der Waals surface area contributed by atoms with Crippen molar-refractivity contribution in [1.29, 1.82) is 0 Å². The highest BCUT2D eigenvalue weighted by atomic mass is 15.2. The van der Waals surface area contributed by atoms with Crippen LogP contribution >= 0.6 is 0 Å². The van der Waals surface area contributed by atoms with Crippen LogP contribution in [-0.2, 0) is 5.41 Å². The summed E-state index contributed by atoms with van der Waals surface area (Å²) in [6.07, 6.45) is 0. The van der Waals surface area contributed by atoms with E-state index in [1.54, 1.807) is 0 Å². The van der Waals surface area contributed by atoms with Crippen molar-refractivity contribution in [2.75, 3.05) is 4.90 Å². The third kappa shape index (κ3) is 2.71. The van der Waals surface area contributed by atoms with Crippen LogP contribution in [0.1, 0.15) is 22.3 Å². The Hall–Kier alpha value is -4.88. The molecule has 0 unspecified atom stereocenters. The number of anilines is 3. The fraction of sp³-hybridized carbons (Fsp3) is 0.0270. The first-order valence-electron chi connectivity index (χ1n) is 13.2. The average molecular weight is 484 g/mol. The zero-order valence-corrected chi connectivity index (χ0v) is 20.9. The summed E-state index contributed by atoms with van der Waals surface area (Å²) in [5, 5.41) is 0. The standard InChI is InChI=1S/C37H25N/c1-3-14-26(15-4-1)28-19-13-20-30-29-18-7-8-21-31(29)37(36(28)30)32-22-9-11-24-34(32)38(27-16-5-2-6-17-27)35-25-12-10-23-33(35)37/h1-25H. The van der Waals surface area contributed by atoms with Crippen molar-refractivity contribution < 1.29 is 0 Å². The fourth-order valence-corrected chi connectivity index (χ4v) is 6.88. The van der Waals surface area contributed by atoms with Gasteiger partial charge in [0, 0.05) is 5.69 Å². The molecule has 0 fully saturated rings. The summed E-state index contributed by atoms with van der Waals surface area (Å²) in [5.41, 5.74) is 13.7. The molecule has 178 valence electrons. The Morgan fingerprint density at radius 1 is 0.368 bits per heavy atom. The van der Waals surface area contributed by atoms with E-state index in [0.29, 0.717) is 0 Å². The number of fused-ring (bicyclic) bond motifs is 9. The van der Waals surface area contributed by atoms with E-state index < -0.39 is 5.41 Å². The molecule has 0 amide bonds. The van der Waals surface area contributed by atoms with E-state index in [2.05, 4.69) is 157 Å². The van der Waals surface area contributed by atoms with Crippen molar-refractivity contribution in [1.82, 2.24) is 0 Å². The van der Waals surface area contributed by atoms with Gasteiger partial charge in [0.15, 0.2) is 0 Å². The summed E-state index contributed by atoms with van der Waals surface area (Å²) >= 11 is 0. The summed E-state index contributed by atoms with van der Waals surface area (Å²) in [4.78, 5) is 2.43. The van der Waals surface area contributed by atoms with Crippen LogP contribution in [0.3, 0.4) is 0 Å². The van der Waals surface area contributed by atoms with Crippen LogP contribution in [0.4, 0.5) is 17.1 Å². The largest absolute Gasteiger partial charge is 0.310 e. The number of hydrogen-bond acceptors (Lipinski definition) is 1. The average Bonchev–Trinajstić information content (AvgIpc) is 3.30. The molecule has 1 aliphatic heterocycles. The molecule has 0 saturated heterocycles. The van der Waals surface area contributed by atoms with E-state index >= 15 is 0 Å². The second-order valence-corrected chi connectivity index (χ2v) is 10.1. The van der Waals surface area contributed by atoms with E-state index in [9.17, 15) is 0 Å². The van der Waals surface area contributed by atoms with Gasteiger partial charge in [-0.25, -0.2) is 0 Å². The van der Waals surface area contributed by atoms with Gasteiger partial charge in [-0.2, -0.15) is 0 Å². The first-order valence-corrected chi connectivity index (χ1v) is 13.2. The minimum atomic E-state index is -0.434. The van der Waals surface area contributed by atoms with Gasteiger partial charge in [0.2, 0.25) is 0 Å². The lowest BCUT2D eigenvalue weighted by Crippen LogP contribution is -2.36. The predicted molar refractivity (Wildman–Crippen MR) is 157 cm³/mol. The van der Waals surface area contributed by atoms with Gasteiger partial charge in [0.1, 0.15) is 0 Å². The Morgan fingerprint density at radius 2 is 0.868 bits per heavy atom. The molecule has 0 bridgehead atoms. The molecule has 8 rings (SSSR count). The zero-order valence-electron chi connectivity index (χ0n) is 20.9. The molecule has 6 aromatic rings. The highest BCUT2D eigenvalue weighted by molar-refractivity contribution is 5.98. The molecule has 0 atom stereocenters. The SMILES string of the molecule is c1ccc(-c2cccc3c2C2(c4ccccc4-3)c3ccccc3N(c3ccccc3)c3ccccc32)cc1. The summed E-state index contributed by atoms with van der Waals surface area (Å²) in [5.74, 6) is 0. The van der Waals surface area contributed by atoms with Crippen LogP contribution in [0, 0.1) is 0 Å². The number of benzene rings is 6. The Kier molecular flexibility index (Phi) is 4.50. The van der Waals surface area contributed by atoms with Crippen molar-refractivity contribution in [3.63, 3.8) is 0 Å².